The number of carbonyl (C=O) groups excluding carboxylic acids is 2. The molecule has 7 nitrogen and oxygen atoms in total. The highest BCUT2D eigenvalue weighted by Crippen LogP contribution is 2.34. The van der Waals surface area contributed by atoms with Crippen molar-refractivity contribution in [2.45, 2.75) is 19.4 Å². The summed E-state index contributed by atoms with van der Waals surface area (Å²) in [4.78, 5) is 23.9. The molecule has 3 rings (SSSR count). The van der Waals surface area contributed by atoms with Crippen LogP contribution in [0.2, 0.25) is 0 Å². The molecule has 1 aliphatic rings. The van der Waals surface area contributed by atoms with E-state index in [0.29, 0.717) is 17.2 Å². The van der Waals surface area contributed by atoms with Gasteiger partial charge >= 0.3 is 5.97 Å². The minimum atomic E-state index is -0.467. The van der Waals surface area contributed by atoms with Crippen LogP contribution in [0.1, 0.15) is 24.1 Å². The highest BCUT2D eigenvalue weighted by Gasteiger charge is 2.17. The van der Waals surface area contributed by atoms with Crippen LogP contribution in [0.5, 0.6) is 17.2 Å². The molecule has 27 heavy (non-hydrogen) atoms. The average Bonchev–Trinajstić information content (AvgIpc) is 3.14. The van der Waals surface area contributed by atoms with E-state index in [1.54, 1.807) is 37.4 Å². The van der Waals surface area contributed by atoms with E-state index < -0.39 is 5.97 Å². The molecule has 0 aromatic heterocycles. The largest absolute Gasteiger partial charge is 0.497 e. The maximum absolute atomic E-state index is 12.0. The van der Waals surface area contributed by atoms with E-state index in [1.807, 2.05) is 19.1 Å². The molecule has 1 amide bonds. The van der Waals surface area contributed by atoms with Crippen molar-refractivity contribution in [3.8, 4) is 17.2 Å². The number of hydrogen-bond acceptors (Lipinski definition) is 6. The maximum Gasteiger partial charge on any atom is 0.310 e. The minimum Gasteiger partial charge on any atom is -0.497 e. The lowest BCUT2D eigenvalue weighted by molar-refractivity contribution is -0.148. The van der Waals surface area contributed by atoms with Gasteiger partial charge in [0.25, 0.3) is 5.91 Å². The van der Waals surface area contributed by atoms with Gasteiger partial charge in [-0.2, -0.15) is 0 Å². The van der Waals surface area contributed by atoms with Crippen LogP contribution in [0.4, 0.5) is 0 Å². The molecule has 0 bridgehead atoms. The summed E-state index contributed by atoms with van der Waals surface area (Å²) >= 11 is 0. The molecule has 0 unspecified atom stereocenters. The number of amides is 1. The van der Waals surface area contributed by atoms with E-state index >= 15 is 0 Å². The van der Waals surface area contributed by atoms with Crippen LogP contribution in [0.25, 0.3) is 0 Å². The van der Waals surface area contributed by atoms with Gasteiger partial charge < -0.3 is 24.3 Å². The predicted molar refractivity (Wildman–Crippen MR) is 96.8 cm³/mol. The number of rotatable bonds is 7. The Kier molecular flexibility index (Phi) is 5.80. The molecule has 0 spiro atoms. The fraction of sp³-hybridized carbons (Fsp3) is 0.300. The Balaban J connectivity index is 1.45. The van der Waals surface area contributed by atoms with E-state index in [9.17, 15) is 9.59 Å². The van der Waals surface area contributed by atoms with E-state index in [4.69, 9.17) is 18.9 Å². The normalized spacial score (nSPS) is 13.0. The predicted octanol–water partition coefficient (Wildman–Crippen LogP) is 2.39. The van der Waals surface area contributed by atoms with Gasteiger partial charge in [0, 0.05) is 0 Å². The van der Waals surface area contributed by atoms with Crippen molar-refractivity contribution in [3.05, 3.63) is 53.6 Å². The summed E-state index contributed by atoms with van der Waals surface area (Å²) in [5.41, 5.74) is 1.66. The first-order valence-corrected chi connectivity index (χ1v) is 8.52. The van der Waals surface area contributed by atoms with Crippen LogP contribution < -0.4 is 19.5 Å². The number of carbonyl (C=O) groups is 2. The molecule has 1 aliphatic heterocycles. The van der Waals surface area contributed by atoms with Crippen molar-refractivity contribution in [1.29, 1.82) is 0 Å². The molecule has 142 valence electrons. The van der Waals surface area contributed by atoms with Crippen LogP contribution >= 0.6 is 0 Å². The van der Waals surface area contributed by atoms with Crippen molar-refractivity contribution < 1.29 is 28.5 Å². The van der Waals surface area contributed by atoms with Crippen molar-refractivity contribution in [2.75, 3.05) is 20.5 Å². The van der Waals surface area contributed by atoms with Gasteiger partial charge in [0.05, 0.1) is 19.6 Å². The van der Waals surface area contributed by atoms with E-state index in [-0.39, 0.29) is 31.8 Å². The Morgan fingerprint density at radius 3 is 2.59 bits per heavy atom. The Morgan fingerprint density at radius 2 is 1.85 bits per heavy atom. The fourth-order valence-corrected chi connectivity index (χ4v) is 2.66. The highest BCUT2D eigenvalue weighted by molar-refractivity contribution is 5.81. The molecule has 2 aromatic rings. The van der Waals surface area contributed by atoms with Crippen molar-refractivity contribution in [2.24, 2.45) is 0 Å². The van der Waals surface area contributed by atoms with Crippen LogP contribution in [-0.2, 0) is 20.7 Å². The molecule has 0 radical (unpaired) electrons. The highest BCUT2D eigenvalue weighted by atomic mass is 16.7. The van der Waals surface area contributed by atoms with Crippen LogP contribution in [-0.4, -0.2) is 32.4 Å². The van der Waals surface area contributed by atoms with Gasteiger partial charge in [-0.15, -0.1) is 0 Å². The van der Waals surface area contributed by atoms with Gasteiger partial charge in [-0.1, -0.05) is 18.2 Å². The minimum absolute atomic E-state index is 0.0923. The van der Waals surface area contributed by atoms with E-state index in [0.717, 1.165) is 11.1 Å². The molecule has 0 saturated heterocycles. The molecular weight excluding hydrogens is 350 g/mol. The number of methoxy groups -OCH3 is 1. The molecule has 0 fully saturated rings. The zero-order valence-corrected chi connectivity index (χ0v) is 15.2. The number of hydrogen-bond donors (Lipinski definition) is 1. The van der Waals surface area contributed by atoms with Gasteiger partial charge in [0.2, 0.25) is 6.79 Å². The third-order valence-electron chi connectivity index (χ3n) is 4.15. The SMILES string of the molecule is COc1ccc(CC(=O)OCC(=O)N[C@@H](C)c2ccc3c(c2)OCO3)cc1. The number of nitrogens with one attached hydrogen (secondary N) is 1. The van der Waals surface area contributed by atoms with Gasteiger partial charge in [0.1, 0.15) is 5.75 Å². The molecule has 0 aliphatic carbocycles. The number of esters is 1. The van der Waals surface area contributed by atoms with Crippen LogP contribution in [0, 0.1) is 0 Å². The number of fused-ring (bicyclic) bond motifs is 1. The summed E-state index contributed by atoms with van der Waals surface area (Å²) in [6.07, 6.45) is 0.0923. The number of benzene rings is 2. The summed E-state index contributed by atoms with van der Waals surface area (Å²) in [6, 6.07) is 12.3. The van der Waals surface area contributed by atoms with Crippen LogP contribution in [0.15, 0.2) is 42.5 Å². The van der Waals surface area contributed by atoms with Crippen LogP contribution in [0.3, 0.4) is 0 Å². The Hall–Kier alpha value is -3.22. The lowest BCUT2D eigenvalue weighted by Gasteiger charge is -2.15. The second kappa shape index (κ2) is 8.44. The van der Waals surface area contributed by atoms with Gasteiger partial charge in [0.15, 0.2) is 18.1 Å². The molecular formula is C20H21NO6. The summed E-state index contributed by atoms with van der Waals surface area (Å²) in [5.74, 6) is 1.21. The first kappa shape index (κ1) is 18.6. The van der Waals surface area contributed by atoms with Gasteiger partial charge in [-0.3, -0.25) is 9.59 Å². The second-order valence-corrected chi connectivity index (χ2v) is 6.09. The lowest BCUT2D eigenvalue weighted by Crippen LogP contribution is -2.31. The first-order valence-electron chi connectivity index (χ1n) is 8.52. The van der Waals surface area contributed by atoms with Crippen molar-refractivity contribution in [1.82, 2.24) is 5.32 Å². The first-order chi connectivity index (χ1) is 13.0. The van der Waals surface area contributed by atoms with Crippen molar-refractivity contribution >= 4 is 11.9 Å². The number of ether oxygens (including phenoxy) is 4. The third kappa shape index (κ3) is 4.91. The van der Waals surface area contributed by atoms with Crippen molar-refractivity contribution in [3.63, 3.8) is 0 Å². The second-order valence-electron chi connectivity index (χ2n) is 6.09. The molecule has 1 N–H and O–H groups in total. The zero-order chi connectivity index (χ0) is 19.2. The fourth-order valence-electron chi connectivity index (χ4n) is 2.66. The summed E-state index contributed by atoms with van der Waals surface area (Å²) in [7, 11) is 1.58. The van der Waals surface area contributed by atoms with Gasteiger partial charge in [-0.25, -0.2) is 0 Å². The van der Waals surface area contributed by atoms with E-state index in [2.05, 4.69) is 5.32 Å². The summed E-state index contributed by atoms with van der Waals surface area (Å²) in [5, 5.41) is 2.79. The molecule has 1 heterocycles. The topological polar surface area (TPSA) is 83.1 Å². The van der Waals surface area contributed by atoms with Gasteiger partial charge in [-0.05, 0) is 42.3 Å². The lowest BCUT2D eigenvalue weighted by atomic mass is 10.1. The zero-order valence-electron chi connectivity index (χ0n) is 15.2. The summed E-state index contributed by atoms with van der Waals surface area (Å²) < 4.78 is 20.7. The Morgan fingerprint density at radius 1 is 1.11 bits per heavy atom. The van der Waals surface area contributed by atoms with E-state index in [1.165, 1.54) is 0 Å². The molecule has 7 heteroatoms. The Labute approximate surface area is 157 Å². The molecule has 0 saturated carbocycles. The monoisotopic (exact) mass is 371 g/mol. The maximum atomic E-state index is 12.0. The summed E-state index contributed by atoms with van der Waals surface area (Å²) in [6.45, 7) is 1.71. The third-order valence-corrected chi connectivity index (χ3v) is 4.15. The molecule has 1 atom stereocenters. The molecule has 2 aromatic carbocycles. The Bertz CT molecular complexity index is 818. The standard InChI is InChI=1S/C20H21NO6/c1-13(15-5-8-17-18(10-15)27-12-26-17)21-19(22)11-25-20(23)9-14-3-6-16(24-2)7-4-14/h3-8,10,13H,9,11-12H2,1-2H3,(H,21,22)/t13-/m0/s1. The smallest absolute Gasteiger partial charge is 0.310 e. The quantitative estimate of drug-likeness (QED) is 0.753. The average molecular weight is 371 g/mol.